The fraction of sp³-hybridized carbons (Fsp3) is 0.221. The van der Waals surface area contributed by atoms with Crippen molar-refractivity contribution in [2.75, 3.05) is 9.80 Å². The molecule has 81 heavy (non-hydrogen) atoms. The molecular formula is C77H72N2O2. The van der Waals surface area contributed by atoms with E-state index in [2.05, 4.69) is 305 Å². The van der Waals surface area contributed by atoms with Crippen LogP contribution in [-0.4, -0.2) is 0 Å². The summed E-state index contributed by atoms with van der Waals surface area (Å²) in [5.74, 6) is 0. The predicted octanol–water partition coefficient (Wildman–Crippen LogP) is 22.0. The number of benzene rings is 10. The number of anilines is 6. The van der Waals surface area contributed by atoms with Crippen LogP contribution in [0.1, 0.15) is 128 Å². The zero-order chi connectivity index (χ0) is 56.4. The van der Waals surface area contributed by atoms with Gasteiger partial charge in [0, 0.05) is 44.5 Å². The third-order valence-corrected chi connectivity index (χ3v) is 17.2. The highest BCUT2D eigenvalue weighted by Gasteiger charge is 2.50. The van der Waals surface area contributed by atoms with Gasteiger partial charge in [0.1, 0.15) is 16.7 Å². The van der Waals surface area contributed by atoms with Crippen molar-refractivity contribution in [1.82, 2.24) is 0 Å². The van der Waals surface area contributed by atoms with Crippen molar-refractivity contribution in [2.24, 2.45) is 0 Å². The highest BCUT2D eigenvalue weighted by Crippen LogP contribution is 2.64. The van der Waals surface area contributed by atoms with E-state index in [0.29, 0.717) is 0 Å². The fourth-order valence-electron chi connectivity index (χ4n) is 12.8. The van der Waals surface area contributed by atoms with Gasteiger partial charge in [-0.1, -0.05) is 210 Å². The normalized spacial score (nSPS) is 13.5. The van der Waals surface area contributed by atoms with Crippen molar-refractivity contribution in [3.05, 3.63) is 263 Å². The molecule has 0 amide bonds. The largest absolute Gasteiger partial charge is 0.464 e. The molecule has 4 nitrogen and oxygen atoms in total. The molecule has 2 aromatic heterocycles. The van der Waals surface area contributed by atoms with Crippen LogP contribution >= 0.6 is 0 Å². The lowest BCUT2D eigenvalue weighted by molar-refractivity contribution is 0.590. The maximum absolute atomic E-state index is 7.57. The van der Waals surface area contributed by atoms with Crippen LogP contribution in [0.2, 0.25) is 0 Å². The fourth-order valence-corrected chi connectivity index (χ4v) is 12.8. The van der Waals surface area contributed by atoms with Crippen molar-refractivity contribution in [3.63, 3.8) is 0 Å². The Hall–Kier alpha value is -8.60. The van der Waals surface area contributed by atoms with Gasteiger partial charge in [0.15, 0.2) is 0 Å². The summed E-state index contributed by atoms with van der Waals surface area (Å²) in [6, 6.07) is 79.8. The Morgan fingerprint density at radius 2 is 0.753 bits per heavy atom. The molecule has 2 heterocycles. The maximum Gasteiger partial charge on any atom is 0.145 e. The van der Waals surface area contributed by atoms with Crippen molar-refractivity contribution in [3.8, 4) is 11.1 Å². The molecule has 0 fully saturated rings. The van der Waals surface area contributed by atoms with Gasteiger partial charge in [-0.05, 0) is 162 Å². The molecule has 402 valence electrons. The summed E-state index contributed by atoms with van der Waals surface area (Å²) in [7, 11) is 0. The molecule has 1 aliphatic rings. The zero-order valence-corrected chi connectivity index (χ0v) is 49.0. The summed E-state index contributed by atoms with van der Waals surface area (Å²) >= 11 is 0. The molecule has 13 rings (SSSR count). The number of para-hydroxylation sites is 1. The number of rotatable bonds is 8. The summed E-state index contributed by atoms with van der Waals surface area (Å²) in [4.78, 5) is 4.96. The number of nitrogens with zero attached hydrogens (tertiary/aromatic N) is 2. The summed E-state index contributed by atoms with van der Waals surface area (Å²) in [6.07, 6.45) is 1.82. The second kappa shape index (κ2) is 18.7. The molecule has 10 aromatic carbocycles. The molecule has 0 spiro atoms. The maximum atomic E-state index is 7.57. The third kappa shape index (κ3) is 8.56. The minimum Gasteiger partial charge on any atom is -0.464 e. The minimum atomic E-state index is -0.862. The molecule has 0 atom stereocenters. The Labute approximate surface area is 478 Å². The van der Waals surface area contributed by atoms with E-state index in [9.17, 15) is 0 Å². The zero-order valence-electron chi connectivity index (χ0n) is 49.0. The number of furan rings is 2. The van der Waals surface area contributed by atoms with E-state index in [1.807, 2.05) is 6.26 Å². The minimum absolute atomic E-state index is 0.0260. The number of hydrogen-bond donors (Lipinski definition) is 0. The SMILES string of the molecule is CC(C)(C)c1ccc(N(c2ccc(C(C)(C)C)cc2)c2cc3c(c4cc5ccoc5cc24)-c2c(cc(N(c4ccc(C(C)(C)C)cc4)c4ccc(C(C)(C)C)cc4)c4c2oc2ccccc24)C3(c2ccccc2)c2ccccc2)cc1. The van der Waals surface area contributed by atoms with E-state index in [-0.39, 0.29) is 21.7 Å². The highest BCUT2D eigenvalue weighted by molar-refractivity contribution is 6.23. The molecular weight excluding hydrogens is 985 g/mol. The van der Waals surface area contributed by atoms with Gasteiger partial charge in [-0.2, -0.15) is 0 Å². The molecule has 0 radical (unpaired) electrons. The molecule has 0 bridgehead atoms. The monoisotopic (exact) mass is 1060 g/mol. The third-order valence-electron chi connectivity index (χ3n) is 17.2. The Kier molecular flexibility index (Phi) is 12.0. The topological polar surface area (TPSA) is 32.8 Å². The van der Waals surface area contributed by atoms with E-state index < -0.39 is 5.41 Å². The lowest BCUT2D eigenvalue weighted by atomic mass is 9.67. The quantitative estimate of drug-likeness (QED) is 0.152. The van der Waals surface area contributed by atoms with Gasteiger partial charge >= 0.3 is 0 Å². The molecule has 1 aliphatic carbocycles. The first kappa shape index (κ1) is 51.8. The number of hydrogen-bond acceptors (Lipinski definition) is 4. The van der Waals surface area contributed by atoms with E-state index in [1.165, 1.54) is 38.9 Å². The van der Waals surface area contributed by atoms with Crippen LogP contribution in [0.3, 0.4) is 0 Å². The summed E-state index contributed by atoms with van der Waals surface area (Å²) < 4.78 is 14.0. The predicted molar refractivity (Wildman–Crippen MR) is 342 cm³/mol. The second-order valence-corrected chi connectivity index (χ2v) is 26.6. The van der Waals surface area contributed by atoms with Crippen LogP contribution in [-0.2, 0) is 27.1 Å². The van der Waals surface area contributed by atoms with Gasteiger partial charge in [0.05, 0.1) is 28.4 Å². The summed E-state index contributed by atoms with van der Waals surface area (Å²) in [6.45, 7) is 27.4. The van der Waals surface area contributed by atoms with Crippen LogP contribution < -0.4 is 9.80 Å². The smallest absolute Gasteiger partial charge is 0.145 e. The first-order valence-electron chi connectivity index (χ1n) is 28.8. The van der Waals surface area contributed by atoms with E-state index in [1.54, 1.807) is 0 Å². The van der Waals surface area contributed by atoms with Gasteiger partial charge in [0.25, 0.3) is 0 Å². The van der Waals surface area contributed by atoms with Gasteiger partial charge in [-0.25, -0.2) is 0 Å². The van der Waals surface area contributed by atoms with Crippen LogP contribution in [0.15, 0.2) is 227 Å². The van der Waals surface area contributed by atoms with Crippen LogP contribution in [0.25, 0.3) is 54.8 Å². The first-order chi connectivity index (χ1) is 38.7. The standard InChI is InChI=1S/C77H72N2O2/c1-73(2,3)50-27-35-56(36-28-50)78(57-37-29-51(30-38-57)74(4,5)6)65-47-63-69(62-45-49-43-44-80-68(49)46-61(62)65)71-64(77(63,54-21-15-13-16-22-54)55-23-17-14-18-24-55)48-66(70-60-25-19-20-26-67(60)81-72(70)71)79(58-39-31-52(32-40-58)75(7,8)9)59-41-33-53(34-42-59)76(10,11)12/h13-48H,1-12H3. The Bertz CT molecular complexity index is 4150. The van der Waals surface area contributed by atoms with Crippen LogP contribution in [0.4, 0.5) is 34.1 Å². The summed E-state index contributed by atoms with van der Waals surface area (Å²) in [5, 5.41) is 5.36. The average Bonchev–Trinajstić information content (AvgIpc) is 4.38. The lowest BCUT2D eigenvalue weighted by Gasteiger charge is -2.36. The highest BCUT2D eigenvalue weighted by atomic mass is 16.3. The summed E-state index contributed by atoms with van der Waals surface area (Å²) in [5.41, 5.74) is 20.0. The Balaban J connectivity index is 1.21. The van der Waals surface area contributed by atoms with Crippen molar-refractivity contribution < 1.29 is 8.83 Å². The molecule has 0 saturated carbocycles. The van der Waals surface area contributed by atoms with Gasteiger partial charge in [-0.3, -0.25) is 0 Å². The van der Waals surface area contributed by atoms with E-state index in [4.69, 9.17) is 8.83 Å². The van der Waals surface area contributed by atoms with E-state index in [0.717, 1.165) is 94.5 Å². The van der Waals surface area contributed by atoms with Gasteiger partial charge in [0.2, 0.25) is 0 Å². The van der Waals surface area contributed by atoms with Crippen molar-refractivity contribution >= 4 is 77.8 Å². The molecule has 4 heteroatoms. The van der Waals surface area contributed by atoms with Crippen molar-refractivity contribution in [2.45, 2.75) is 110 Å². The lowest BCUT2D eigenvalue weighted by Crippen LogP contribution is -2.29. The molecule has 12 aromatic rings. The Morgan fingerprint density at radius 3 is 1.21 bits per heavy atom. The van der Waals surface area contributed by atoms with Crippen molar-refractivity contribution in [1.29, 1.82) is 0 Å². The first-order valence-corrected chi connectivity index (χ1v) is 28.8. The molecule has 0 saturated heterocycles. The second-order valence-electron chi connectivity index (χ2n) is 26.6. The van der Waals surface area contributed by atoms with E-state index >= 15 is 0 Å². The van der Waals surface area contributed by atoms with Gasteiger partial charge < -0.3 is 18.6 Å². The van der Waals surface area contributed by atoms with Crippen LogP contribution in [0, 0.1) is 0 Å². The molecule has 0 unspecified atom stereocenters. The van der Waals surface area contributed by atoms with Crippen LogP contribution in [0.5, 0.6) is 0 Å². The molecule has 0 aliphatic heterocycles. The number of fused-ring (bicyclic) bond motifs is 10. The molecule has 0 N–H and O–H groups in total. The average molecular weight is 1060 g/mol. The Morgan fingerprint density at radius 1 is 0.346 bits per heavy atom. The van der Waals surface area contributed by atoms with Gasteiger partial charge in [-0.15, -0.1) is 0 Å².